The maximum Gasteiger partial charge on any atom is 0.161 e. The van der Waals surface area contributed by atoms with Crippen LogP contribution in [0.15, 0.2) is 30.9 Å². The molecule has 0 bridgehead atoms. The summed E-state index contributed by atoms with van der Waals surface area (Å²) in [7, 11) is 0. The number of hydrogen-bond acceptors (Lipinski definition) is 4. The van der Waals surface area contributed by atoms with Gasteiger partial charge in [0.15, 0.2) is 11.5 Å². The molecule has 1 heterocycles. The largest absolute Gasteiger partial charge is 0.486 e. The van der Waals surface area contributed by atoms with E-state index < -0.39 is 0 Å². The lowest BCUT2D eigenvalue weighted by atomic mass is 10.2. The second-order valence-corrected chi connectivity index (χ2v) is 4.34. The normalized spacial score (nSPS) is 13.3. The molecule has 1 aromatic rings. The highest BCUT2D eigenvalue weighted by Gasteiger charge is 2.11. The van der Waals surface area contributed by atoms with Crippen LogP contribution in [-0.4, -0.2) is 33.0 Å². The van der Waals surface area contributed by atoms with Gasteiger partial charge in [-0.05, 0) is 24.1 Å². The molecule has 19 heavy (non-hydrogen) atoms. The molecular formula is C15H21NO3. The molecule has 0 unspecified atom stereocenters. The van der Waals surface area contributed by atoms with Crippen molar-refractivity contribution in [1.82, 2.24) is 5.32 Å². The van der Waals surface area contributed by atoms with Gasteiger partial charge in [-0.15, -0.1) is 6.58 Å². The number of fused-ring (bicyclic) bond motifs is 1. The summed E-state index contributed by atoms with van der Waals surface area (Å²) in [5.74, 6) is 1.68. The maximum atomic E-state index is 5.55. The minimum absolute atomic E-state index is 0.626. The van der Waals surface area contributed by atoms with Gasteiger partial charge in [-0.2, -0.15) is 0 Å². The van der Waals surface area contributed by atoms with Crippen LogP contribution in [0.25, 0.3) is 0 Å². The molecule has 1 aromatic carbocycles. The quantitative estimate of drug-likeness (QED) is 0.576. The molecule has 1 N–H and O–H groups in total. The Balaban J connectivity index is 1.67. The van der Waals surface area contributed by atoms with Gasteiger partial charge in [0.2, 0.25) is 0 Å². The summed E-state index contributed by atoms with van der Waals surface area (Å²) >= 11 is 0. The van der Waals surface area contributed by atoms with E-state index in [2.05, 4.69) is 18.0 Å². The van der Waals surface area contributed by atoms with E-state index in [0.29, 0.717) is 13.2 Å². The summed E-state index contributed by atoms with van der Waals surface area (Å²) in [6.45, 7) is 8.02. The molecule has 0 fully saturated rings. The topological polar surface area (TPSA) is 39.7 Å². The average Bonchev–Trinajstić information content (AvgIpc) is 2.46. The molecule has 1 aliphatic rings. The lowest BCUT2D eigenvalue weighted by molar-refractivity contribution is 0.140. The first-order chi connectivity index (χ1) is 9.40. The summed E-state index contributed by atoms with van der Waals surface area (Å²) in [5.41, 5.74) is 1.19. The first-order valence-electron chi connectivity index (χ1n) is 6.68. The predicted octanol–water partition coefficient (Wildman–Crippen LogP) is 2.14. The number of benzene rings is 1. The van der Waals surface area contributed by atoms with Gasteiger partial charge in [-0.1, -0.05) is 12.1 Å². The molecular weight excluding hydrogens is 242 g/mol. The van der Waals surface area contributed by atoms with Gasteiger partial charge >= 0.3 is 0 Å². The summed E-state index contributed by atoms with van der Waals surface area (Å²) in [6.07, 6.45) is 2.77. The van der Waals surface area contributed by atoms with E-state index in [1.807, 2.05) is 18.2 Å². The zero-order valence-corrected chi connectivity index (χ0v) is 11.2. The number of hydrogen-bond donors (Lipinski definition) is 1. The Hall–Kier alpha value is -1.52. The third-order valence-corrected chi connectivity index (χ3v) is 2.83. The van der Waals surface area contributed by atoms with Gasteiger partial charge in [0.1, 0.15) is 13.2 Å². The second-order valence-electron chi connectivity index (χ2n) is 4.34. The van der Waals surface area contributed by atoms with Crippen LogP contribution in [0.2, 0.25) is 0 Å². The fourth-order valence-electron chi connectivity index (χ4n) is 1.84. The highest BCUT2D eigenvalue weighted by atomic mass is 16.6. The molecule has 0 aliphatic carbocycles. The van der Waals surface area contributed by atoms with Gasteiger partial charge in [0, 0.05) is 13.1 Å². The Kier molecular flexibility index (Phi) is 5.72. The Morgan fingerprint density at radius 3 is 2.89 bits per heavy atom. The molecule has 4 heteroatoms. The minimum Gasteiger partial charge on any atom is -0.486 e. The zero-order valence-electron chi connectivity index (χ0n) is 11.2. The Bertz CT molecular complexity index is 406. The Morgan fingerprint density at radius 1 is 1.21 bits per heavy atom. The second kappa shape index (κ2) is 7.81. The summed E-state index contributed by atoms with van der Waals surface area (Å²) in [6, 6.07) is 6.05. The molecule has 0 saturated heterocycles. The van der Waals surface area contributed by atoms with Crippen molar-refractivity contribution in [3.8, 4) is 11.5 Å². The van der Waals surface area contributed by atoms with Crippen molar-refractivity contribution >= 4 is 0 Å². The molecule has 2 rings (SSSR count). The van der Waals surface area contributed by atoms with Gasteiger partial charge in [-0.3, -0.25) is 0 Å². The van der Waals surface area contributed by atoms with Gasteiger partial charge in [-0.25, -0.2) is 0 Å². The molecule has 0 atom stereocenters. The third kappa shape index (κ3) is 4.58. The van der Waals surface area contributed by atoms with E-state index in [9.17, 15) is 0 Å². The van der Waals surface area contributed by atoms with E-state index in [1.54, 1.807) is 0 Å². The van der Waals surface area contributed by atoms with Crippen molar-refractivity contribution in [3.63, 3.8) is 0 Å². The van der Waals surface area contributed by atoms with E-state index >= 15 is 0 Å². The van der Waals surface area contributed by atoms with Crippen LogP contribution in [0.4, 0.5) is 0 Å². The maximum absolute atomic E-state index is 5.55. The predicted molar refractivity (Wildman–Crippen MR) is 74.8 cm³/mol. The molecule has 0 spiro atoms. The smallest absolute Gasteiger partial charge is 0.161 e. The standard InChI is InChI=1S/C15H21NO3/c1-2-3-7-17-8-6-16-12-13-4-5-14-15(11-13)19-10-9-18-14/h2,4-5,11,16H,1,3,6-10,12H2. The fraction of sp³-hybridized carbons (Fsp3) is 0.467. The molecule has 0 amide bonds. The van der Waals surface area contributed by atoms with Crippen LogP contribution in [0.5, 0.6) is 11.5 Å². The van der Waals surface area contributed by atoms with Crippen LogP contribution in [0.3, 0.4) is 0 Å². The number of nitrogens with one attached hydrogen (secondary N) is 1. The van der Waals surface area contributed by atoms with Crippen LogP contribution >= 0.6 is 0 Å². The highest BCUT2D eigenvalue weighted by Crippen LogP contribution is 2.30. The summed E-state index contributed by atoms with van der Waals surface area (Å²) in [4.78, 5) is 0. The van der Waals surface area contributed by atoms with Crippen molar-refractivity contribution < 1.29 is 14.2 Å². The first kappa shape index (κ1) is 13.9. The number of ether oxygens (including phenoxy) is 3. The van der Waals surface area contributed by atoms with E-state index in [0.717, 1.165) is 44.2 Å². The highest BCUT2D eigenvalue weighted by molar-refractivity contribution is 5.43. The SMILES string of the molecule is C=CCCOCCNCc1ccc2c(c1)OCCO2. The van der Waals surface area contributed by atoms with Crippen LogP contribution in [0, 0.1) is 0 Å². The summed E-state index contributed by atoms with van der Waals surface area (Å²) in [5, 5.41) is 3.34. The third-order valence-electron chi connectivity index (χ3n) is 2.83. The molecule has 0 saturated carbocycles. The van der Waals surface area contributed by atoms with Gasteiger partial charge in [0.05, 0.1) is 13.2 Å². The minimum atomic E-state index is 0.626. The molecule has 0 aromatic heterocycles. The van der Waals surface area contributed by atoms with Crippen LogP contribution in [-0.2, 0) is 11.3 Å². The zero-order chi connectivity index (χ0) is 13.3. The van der Waals surface area contributed by atoms with Gasteiger partial charge < -0.3 is 19.5 Å². The number of rotatable bonds is 8. The van der Waals surface area contributed by atoms with E-state index in [1.165, 1.54) is 5.56 Å². The van der Waals surface area contributed by atoms with Crippen LogP contribution < -0.4 is 14.8 Å². The van der Waals surface area contributed by atoms with Crippen molar-refractivity contribution in [2.45, 2.75) is 13.0 Å². The first-order valence-corrected chi connectivity index (χ1v) is 6.68. The van der Waals surface area contributed by atoms with Crippen molar-refractivity contribution in [2.24, 2.45) is 0 Å². The van der Waals surface area contributed by atoms with Gasteiger partial charge in [0.25, 0.3) is 0 Å². The average molecular weight is 263 g/mol. The molecule has 4 nitrogen and oxygen atoms in total. The lowest BCUT2D eigenvalue weighted by Crippen LogP contribution is -2.20. The molecule has 1 aliphatic heterocycles. The van der Waals surface area contributed by atoms with Crippen LogP contribution in [0.1, 0.15) is 12.0 Å². The van der Waals surface area contributed by atoms with Crippen molar-refractivity contribution in [2.75, 3.05) is 33.0 Å². The lowest BCUT2D eigenvalue weighted by Gasteiger charge is -2.19. The Labute approximate surface area is 114 Å². The fourth-order valence-corrected chi connectivity index (χ4v) is 1.84. The van der Waals surface area contributed by atoms with Crippen molar-refractivity contribution in [3.05, 3.63) is 36.4 Å². The van der Waals surface area contributed by atoms with Crippen molar-refractivity contribution in [1.29, 1.82) is 0 Å². The Morgan fingerprint density at radius 2 is 2.05 bits per heavy atom. The van der Waals surface area contributed by atoms with E-state index in [4.69, 9.17) is 14.2 Å². The molecule has 104 valence electrons. The van der Waals surface area contributed by atoms with E-state index in [-0.39, 0.29) is 0 Å². The monoisotopic (exact) mass is 263 g/mol. The molecule has 0 radical (unpaired) electrons. The summed E-state index contributed by atoms with van der Waals surface area (Å²) < 4.78 is 16.5.